The molecule has 0 saturated heterocycles. The summed E-state index contributed by atoms with van der Waals surface area (Å²) in [5.74, 6) is 5.82. The van der Waals surface area contributed by atoms with Crippen molar-refractivity contribution in [1.29, 1.82) is 0 Å². The van der Waals surface area contributed by atoms with Crippen LogP contribution in [0.2, 0.25) is 5.02 Å². The summed E-state index contributed by atoms with van der Waals surface area (Å²) in [6, 6.07) is 14.5. The van der Waals surface area contributed by atoms with Gasteiger partial charge in [0.1, 0.15) is 0 Å². The molecule has 22 heavy (non-hydrogen) atoms. The second-order valence-corrected chi connectivity index (χ2v) is 5.26. The summed E-state index contributed by atoms with van der Waals surface area (Å²) in [6.07, 6.45) is 1.89. The molecular formula is C19H17ClO2. The van der Waals surface area contributed by atoms with E-state index in [0.29, 0.717) is 17.2 Å². The molecule has 0 aliphatic heterocycles. The van der Waals surface area contributed by atoms with Gasteiger partial charge in [0.15, 0.2) is 0 Å². The van der Waals surface area contributed by atoms with Gasteiger partial charge < -0.3 is 4.74 Å². The van der Waals surface area contributed by atoms with Crippen molar-refractivity contribution in [3.8, 4) is 11.8 Å². The number of hydrogen-bond donors (Lipinski definition) is 0. The third-order valence-electron chi connectivity index (χ3n) is 3.05. The van der Waals surface area contributed by atoms with Gasteiger partial charge in [0, 0.05) is 16.1 Å². The Kier molecular flexibility index (Phi) is 6.06. The van der Waals surface area contributed by atoms with Crippen molar-refractivity contribution in [2.24, 2.45) is 0 Å². The monoisotopic (exact) mass is 312 g/mol. The Morgan fingerprint density at radius 3 is 2.09 bits per heavy atom. The summed E-state index contributed by atoms with van der Waals surface area (Å²) in [7, 11) is 0. The van der Waals surface area contributed by atoms with Crippen LogP contribution in [-0.4, -0.2) is 12.6 Å². The normalized spacial score (nSPS) is 9.73. The number of rotatable bonds is 4. The average molecular weight is 313 g/mol. The summed E-state index contributed by atoms with van der Waals surface area (Å²) in [6.45, 7) is 2.52. The second-order valence-electron chi connectivity index (χ2n) is 4.82. The highest BCUT2D eigenvalue weighted by molar-refractivity contribution is 6.30. The lowest BCUT2D eigenvalue weighted by Gasteiger charge is -2.03. The van der Waals surface area contributed by atoms with Gasteiger partial charge >= 0.3 is 5.97 Å². The van der Waals surface area contributed by atoms with Crippen LogP contribution in [0, 0.1) is 11.8 Å². The highest BCUT2D eigenvalue weighted by Crippen LogP contribution is 2.09. The Bertz CT molecular complexity index is 676. The third-order valence-corrected chi connectivity index (χ3v) is 3.30. The predicted octanol–water partition coefficient (Wildman–Crippen LogP) is 4.70. The number of esters is 1. The zero-order valence-electron chi connectivity index (χ0n) is 12.4. The van der Waals surface area contributed by atoms with Crippen LogP contribution in [0.15, 0.2) is 48.5 Å². The van der Waals surface area contributed by atoms with Crippen molar-refractivity contribution >= 4 is 17.6 Å². The smallest absolute Gasteiger partial charge is 0.338 e. The molecule has 0 fully saturated rings. The largest absolute Gasteiger partial charge is 0.462 e. The number of carbonyl (C=O) groups is 1. The molecule has 0 saturated carbocycles. The van der Waals surface area contributed by atoms with Crippen LogP contribution in [-0.2, 0) is 4.74 Å². The minimum atomic E-state index is -0.286. The number of ether oxygens (including phenoxy) is 1. The third kappa shape index (κ3) is 4.95. The van der Waals surface area contributed by atoms with Gasteiger partial charge in [-0.15, -0.1) is 0 Å². The first-order chi connectivity index (χ1) is 10.7. The number of hydrogen-bond acceptors (Lipinski definition) is 2. The fourth-order valence-electron chi connectivity index (χ4n) is 1.76. The Morgan fingerprint density at radius 2 is 1.55 bits per heavy atom. The maximum absolute atomic E-state index is 11.8. The van der Waals surface area contributed by atoms with Crippen molar-refractivity contribution in [3.63, 3.8) is 0 Å². The van der Waals surface area contributed by atoms with Gasteiger partial charge in [0.25, 0.3) is 0 Å². The van der Waals surface area contributed by atoms with Crippen LogP contribution in [0.25, 0.3) is 0 Å². The summed E-state index contributed by atoms with van der Waals surface area (Å²) in [5, 5.41) is 0.691. The van der Waals surface area contributed by atoms with E-state index in [1.54, 1.807) is 24.3 Å². The molecule has 0 aliphatic carbocycles. The molecule has 2 rings (SSSR count). The predicted molar refractivity (Wildman–Crippen MR) is 89.1 cm³/mol. The topological polar surface area (TPSA) is 26.3 Å². The van der Waals surface area contributed by atoms with E-state index in [-0.39, 0.29) is 5.97 Å². The van der Waals surface area contributed by atoms with E-state index in [4.69, 9.17) is 16.3 Å². The molecule has 3 heteroatoms. The highest BCUT2D eigenvalue weighted by Gasteiger charge is 2.05. The molecule has 0 atom stereocenters. The molecule has 112 valence electrons. The minimum absolute atomic E-state index is 0.286. The van der Waals surface area contributed by atoms with E-state index < -0.39 is 0 Å². The zero-order chi connectivity index (χ0) is 15.8. The van der Waals surface area contributed by atoms with E-state index in [1.165, 1.54) is 0 Å². The van der Waals surface area contributed by atoms with Crippen molar-refractivity contribution < 1.29 is 9.53 Å². The van der Waals surface area contributed by atoms with Crippen LogP contribution in [0.3, 0.4) is 0 Å². The Morgan fingerprint density at radius 1 is 1.00 bits per heavy atom. The molecule has 0 bridgehead atoms. The van der Waals surface area contributed by atoms with Crippen molar-refractivity contribution in [2.45, 2.75) is 19.8 Å². The van der Waals surface area contributed by atoms with E-state index in [9.17, 15) is 4.79 Å². The van der Waals surface area contributed by atoms with E-state index in [1.807, 2.05) is 24.3 Å². The molecule has 0 aliphatic rings. The van der Waals surface area contributed by atoms with Gasteiger partial charge in [0.05, 0.1) is 12.2 Å². The Labute approximate surface area is 136 Å². The molecule has 0 heterocycles. The van der Waals surface area contributed by atoms with Crippen molar-refractivity contribution in [1.82, 2.24) is 0 Å². The minimum Gasteiger partial charge on any atom is -0.462 e. The zero-order valence-corrected chi connectivity index (χ0v) is 13.2. The van der Waals surface area contributed by atoms with Crippen molar-refractivity contribution in [3.05, 3.63) is 70.2 Å². The summed E-state index contributed by atoms with van der Waals surface area (Å²) >= 11 is 5.83. The van der Waals surface area contributed by atoms with Gasteiger partial charge in [-0.05, 0) is 55.0 Å². The molecule has 2 aromatic rings. The van der Waals surface area contributed by atoms with Crippen LogP contribution >= 0.6 is 11.6 Å². The lowest BCUT2D eigenvalue weighted by Crippen LogP contribution is -2.06. The molecule has 0 N–H and O–H groups in total. The fraction of sp³-hybridized carbons (Fsp3) is 0.211. The highest BCUT2D eigenvalue weighted by atomic mass is 35.5. The number of halogens is 1. The van der Waals surface area contributed by atoms with E-state index >= 15 is 0 Å². The molecule has 0 aromatic heterocycles. The maximum atomic E-state index is 11.8. The summed E-state index contributed by atoms with van der Waals surface area (Å²) in [5.41, 5.74) is 2.29. The molecule has 0 radical (unpaired) electrons. The molecule has 0 amide bonds. The summed E-state index contributed by atoms with van der Waals surface area (Å²) in [4.78, 5) is 11.8. The van der Waals surface area contributed by atoms with Gasteiger partial charge in [0.2, 0.25) is 0 Å². The number of unbranched alkanes of at least 4 members (excludes halogenated alkanes) is 1. The van der Waals surface area contributed by atoms with Crippen LogP contribution < -0.4 is 0 Å². The molecule has 0 spiro atoms. The molecular weight excluding hydrogens is 296 g/mol. The standard InChI is InChI=1S/C19H17ClO2/c1-2-3-14-22-19(21)17-10-6-15(7-11-17)4-5-16-8-12-18(20)13-9-16/h6-13H,2-3,14H2,1H3. The quantitative estimate of drug-likeness (QED) is 0.465. The van der Waals surface area contributed by atoms with Crippen LogP contribution in [0.1, 0.15) is 41.3 Å². The first kappa shape index (κ1) is 16.1. The SMILES string of the molecule is CCCCOC(=O)c1ccc(C#Cc2ccc(Cl)cc2)cc1. The molecule has 2 aromatic carbocycles. The average Bonchev–Trinajstić information content (AvgIpc) is 2.55. The number of benzene rings is 2. The first-order valence-corrected chi connectivity index (χ1v) is 7.61. The van der Waals surface area contributed by atoms with Gasteiger partial charge in [-0.3, -0.25) is 0 Å². The van der Waals surface area contributed by atoms with Crippen LogP contribution in [0.5, 0.6) is 0 Å². The van der Waals surface area contributed by atoms with Gasteiger partial charge in [-0.2, -0.15) is 0 Å². The lowest BCUT2D eigenvalue weighted by atomic mass is 10.1. The fourth-order valence-corrected chi connectivity index (χ4v) is 1.89. The maximum Gasteiger partial charge on any atom is 0.338 e. The van der Waals surface area contributed by atoms with E-state index in [0.717, 1.165) is 24.0 Å². The van der Waals surface area contributed by atoms with Gasteiger partial charge in [-0.1, -0.05) is 36.8 Å². The molecule has 0 unspecified atom stereocenters. The lowest BCUT2D eigenvalue weighted by molar-refractivity contribution is 0.0500. The molecule has 2 nitrogen and oxygen atoms in total. The summed E-state index contributed by atoms with van der Waals surface area (Å²) < 4.78 is 5.16. The Hall–Kier alpha value is -2.24. The number of carbonyl (C=O) groups excluding carboxylic acids is 1. The first-order valence-electron chi connectivity index (χ1n) is 7.24. The second kappa shape index (κ2) is 8.26. The van der Waals surface area contributed by atoms with Crippen LogP contribution in [0.4, 0.5) is 0 Å². The Balaban J connectivity index is 2.00. The van der Waals surface area contributed by atoms with Crippen molar-refractivity contribution in [2.75, 3.05) is 6.61 Å². The van der Waals surface area contributed by atoms with Gasteiger partial charge in [-0.25, -0.2) is 4.79 Å². The van der Waals surface area contributed by atoms with E-state index in [2.05, 4.69) is 18.8 Å².